The maximum absolute atomic E-state index is 13.2. The van der Waals surface area contributed by atoms with Gasteiger partial charge < -0.3 is 10.1 Å². The quantitative estimate of drug-likeness (QED) is 0.632. The molecule has 33 heavy (non-hydrogen) atoms. The Morgan fingerprint density at radius 1 is 1.00 bits per heavy atom. The van der Waals surface area contributed by atoms with Gasteiger partial charge in [-0.25, -0.2) is 21.1 Å². The standard InChI is InChI=1S/C22H29N3O6S2/c1-16-8-10-18(32(27,28)24(2)3)15-19(16)23-22(26)17-9-11-20(31-4)21(14-17)33(29,30)25-12-6-5-7-13-25/h8-11,14-15H,5-7,12-13H2,1-4H3,(H,23,26). The Bertz CT molecular complexity index is 1250. The lowest BCUT2D eigenvalue weighted by Gasteiger charge is -2.26. The zero-order valence-electron chi connectivity index (χ0n) is 19.2. The van der Waals surface area contributed by atoms with Crippen molar-refractivity contribution >= 4 is 31.6 Å². The molecule has 11 heteroatoms. The third-order valence-electron chi connectivity index (χ3n) is 5.59. The first-order chi connectivity index (χ1) is 15.5. The van der Waals surface area contributed by atoms with Crippen LogP contribution < -0.4 is 10.1 Å². The fraction of sp³-hybridized carbons (Fsp3) is 0.409. The minimum absolute atomic E-state index is 0.0384. The van der Waals surface area contributed by atoms with Crippen LogP contribution >= 0.6 is 0 Å². The lowest BCUT2D eigenvalue weighted by molar-refractivity contribution is 0.102. The van der Waals surface area contributed by atoms with Gasteiger partial charge in [-0.15, -0.1) is 0 Å². The highest BCUT2D eigenvalue weighted by Gasteiger charge is 2.30. The molecule has 0 bridgehead atoms. The molecule has 0 atom stereocenters. The van der Waals surface area contributed by atoms with E-state index in [4.69, 9.17) is 4.74 Å². The Hall–Kier alpha value is -2.47. The first-order valence-corrected chi connectivity index (χ1v) is 13.4. The summed E-state index contributed by atoms with van der Waals surface area (Å²) in [5.74, 6) is -0.400. The number of aryl methyl sites for hydroxylation is 1. The molecular weight excluding hydrogens is 466 g/mol. The van der Waals surface area contributed by atoms with E-state index in [-0.39, 0.29) is 21.1 Å². The summed E-state index contributed by atoms with van der Waals surface area (Å²) in [7, 11) is -3.29. The molecule has 180 valence electrons. The molecule has 0 aromatic heterocycles. The van der Waals surface area contributed by atoms with E-state index in [1.165, 1.54) is 55.8 Å². The van der Waals surface area contributed by atoms with E-state index in [0.717, 1.165) is 23.6 Å². The zero-order chi connectivity index (χ0) is 24.4. The Labute approximate surface area is 195 Å². The summed E-state index contributed by atoms with van der Waals surface area (Å²) < 4.78 is 59.1. The van der Waals surface area contributed by atoms with Crippen molar-refractivity contribution in [3.8, 4) is 5.75 Å². The van der Waals surface area contributed by atoms with Gasteiger partial charge in [-0.2, -0.15) is 4.31 Å². The minimum Gasteiger partial charge on any atom is -0.495 e. The molecule has 0 spiro atoms. The summed E-state index contributed by atoms with van der Waals surface area (Å²) in [6.45, 7) is 2.59. The smallest absolute Gasteiger partial charge is 0.255 e. The lowest BCUT2D eigenvalue weighted by Crippen LogP contribution is -2.35. The van der Waals surface area contributed by atoms with Crippen LogP contribution in [0.15, 0.2) is 46.2 Å². The van der Waals surface area contributed by atoms with E-state index in [0.29, 0.717) is 24.3 Å². The number of nitrogens with zero attached hydrogens (tertiary/aromatic N) is 2. The highest BCUT2D eigenvalue weighted by molar-refractivity contribution is 7.89. The van der Waals surface area contributed by atoms with Crippen LogP contribution in [0.3, 0.4) is 0 Å². The Kier molecular flexibility index (Phi) is 7.47. The molecule has 1 amide bonds. The van der Waals surface area contributed by atoms with E-state index in [1.54, 1.807) is 13.0 Å². The number of anilines is 1. The van der Waals surface area contributed by atoms with Crippen LogP contribution in [-0.4, -0.2) is 65.6 Å². The topological polar surface area (TPSA) is 113 Å². The summed E-state index contributed by atoms with van der Waals surface area (Å²) in [5, 5.41) is 2.70. The van der Waals surface area contributed by atoms with Gasteiger partial charge in [0.15, 0.2) is 0 Å². The number of ether oxygens (including phenoxy) is 1. The Balaban J connectivity index is 1.95. The Morgan fingerprint density at radius 3 is 2.27 bits per heavy atom. The van der Waals surface area contributed by atoms with Gasteiger partial charge >= 0.3 is 0 Å². The van der Waals surface area contributed by atoms with Crippen LogP contribution in [-0.2, 0) is 20.0 Å². The highest BCUT2D eigenvalue weighted by atomic mass is 32.2. The molecule has 0 aliphatic carbocycles. The molecule has 1 N–H and O–H groups in total. The second-order valence-corrected chi connectivity index (χ2v) is 12.1. The molecule has 0 saturated carbocycles. The summed E-state index contributed by atoms with van der Waals surface area (Å²) >= 11 is 0. The van der Waals surface area contributed by atoms with Crippen molar-refractivity contribution in [2.45, 2.75) is 36.0 Å². The molecule has 1 aliphatic heterocycles. The van der Waals surface area contributed by atoms with E-state index in [9.17, 15) is 21.6 Å². The number of benzene rings is 2. The summed E-state index contributed by atoms with van der Waals surface area (Å²) in [6, 6.07) is 8.68. The fourth-order valence-corrected chi connectivity index (χ4v) is 6.19. The van der Waals surface area contributed by atoms with Crippen LogP contribution in [0.4, 0.5) is 5.69 Å². The molecule has 2 aromatic rings. The third kappa shape index (κ3) is 5.21. The van der Waals surface area contributed by atoms with E-state index in [1.807, 2.05) is 0 Å². The first-order valence-electron chi connectivity index (χ1n) is 10.5. The second kappa shape index (κ2) is 9.80. The number of hydrogen-bond donors (Lipinski definition) is 1. The average Bonchev–Trinajstić information content (AvgIpc) is 2.80. The normalized spacial score (nSPS) is 15.4. The van der Waals surface area contributed by atoms with Crippen molar-refractivity contribution in [2.24, 2.45) is 0 Å². The molecule has 9 nitrogen and oxygen atoms in total. The van der Waals surface area contributed by atoms with Crippen molar-refractivity contribution in [1.29, 1.82) is 0 Å². The molecule has 1 aliphatic rings. The highest BCUT2D eigenvalue weighted by Crippen LogP contribution is 2.30. The maximum Gasteiger partial charge on any atom is 0.255 e. The zero-order valence-corrected chi connectivity index (χ0v) is 20.8. The lowest BCUT2D eigenvalue weighted by atomic mass is 10.1. The summed E-state index contributed by atoms with van der Waals surface area (Å²) in [6.07, 6.45) is 2.55. The van der Waals surface area contributed by atoms with Crippen LogP contribution in [0.5, 0.6) is 5.75 Å². The van der Waals surface area contributed by atoms with Crippen LogP contribution in [0.25, 0.3) is 0 Å². The van der Waals surface area contributed by atoms with Crippen molar-refractivity contribution < 1.29 is 26.4 Å². The van der Waals surface area contributed by atoms with Gasteiger partial charge in [0.05, 0.1) is 12.0 Å². The fourth-order valence-electron chi connectivity index (χ4n) is 3.57. The number of sulfonamides is 2. The van der Waals surface area contributed by atoms with E-state index in [2.05, 4.69) is 5.32 Å². The molecule has 3 rings (SSSR count). The average molecular weight is 496 g/mol. The van der Waals surface area contributed by atoms with Gasteiger partial charge in [0.25, 0.3) is 5.91 Å². The van der Waals surface area contributed by atoms with E-state index >= 15 is 0 Å². The van der Waals surface area contributed by atoms with Gasteiger partial charge in [-0.05, 0) is 55.7 Å². The summed E-state index contributed by atoms with van der Waals surface area (Å²) in [4.78, 5) is 13.0. The largest absolute Gasteiger partial charge is 0.495 e. The number of rotatable bonds is 7. The van der Waals surface area contributed by atoms with Crippen molar-refractivity contribution in [1.82, 2.24) is 8.61 Å². The van der Waals surface area contributed by atoms with Gasteiger partial charge in [-0.3, -0.25) is 4.79 Å². The third-order valence-corrected chi connectivity index (χ3v) is 9.33. The van der Waals surface area contributed by atoms with Gasteiger partial charge in [-0.1, -0.05) is 12.5 Å². The maximum atomic E-state index is 13.2. The van der Waals surface area contributed by atoms with Gasteiger partial charge in [0.1, 0.15) is 10.6 Å². The predicted molar refractivity (Wildman–Crippen MR) is 126 cm³/mol. The Morgan fingerprint density at radius 2 is 1.67 bits per heavy atom. The molecule has 1 saturated heterocycles. The van der Waals surface area contributed by atoms with Gasteiger partial charge in [0.2, 0.25) is 20.0 Å². The number of carbonyl (C=O) groups excluding carboxylic acids is 1. The SMILES string of the molecule is COc1ccc(C(=O)Nc2cc(S(=O)(=O)N(C)C)ccc2C)cc1S(=O)(=O)N1CCCCC1. The molecule has 2 aromatic carbocycles. The number of amides is 1. The number of methoxy groups -OCH3 is 1. The number of hydrogen-bond acceptors (Lipinski definition) is 6. The molecule has 0 unspecified atom stereocenters. The predicted octanol–water partition coefficient (Wildman–Crippen LogP) is 2.68. The number of nitrogens with one attached hydrogen (secondary N) is 1. The number of piperidine rings is 1. The second-order valence-electron chi connectivity index (χ2n) is 8.05. The summed E-state index contributed by atoms with van der Waals surface area (Å²) in [5.41, 5.74) is 1.10. The van der Waals surface area contributed by atoms with Crippen molar-refractivity contribution in [2.75, 3.05) is 39.6 Å². The molecule has 1 fully saturated rings. The van der Waals surface area contributed by atoms with Crippen LogP contribution in [0, 0.1) is 6.92 Å². The molecule has 0 radical (unpaired) electrons. The minimum atomic E-state index is -3.83. The van der Waals surface area contributed by atoms with Crippen LogP contribution in [0.2, 0.25) is 0 Å². The van der Waals surface area contributed by atoms with Crippen molar-refractivity contribution in [3.63, 3.8) is 0 Å². The van der Waals surface area contributed by atoms with E-state index < -0.39 is 26.0 Å². The van der Waals surface area contributed by atoms with Crippen molar-refractivity contribution in [3.05, 3.63) is 47.5 Å². The number of carbonyl (C=O) groups is 1. The molecule has 1 heterocycles. The molecular formula is C22H29N3O6S2. The van der Waals surface area contributed by atoms with Crippen LogP contribution in [0.1, 0.15) is 35.2 Å². The van der Waals surface area contributed by atoms with Gasteiger partial charge in [0, 0.05) is 38.4 Å². The first kappa shape index (κ1) is 25.2. The monoisotopic (exact) mass is 495 g/mol.